The molecule has 0 aliphatic carbocycles. The van der Waals surface area contributed by atoms with Gasteiger partial charge in [0.15, 0.2) is 0 Å². The summed E-state index contributed by atoms with van der Waals surface area (Å²) in [6.45, 7) is 8.19. The molecule has 2 aliphatic heterocycles. The van der Waals surface area contributed by atoms with E-state index in [1.54, 1.807) is 0 Å². The van der Waals surface area contributed by atoms with Crippen LogP contribution in [0.25, 0.3) is 0 Å². The van der Waals surface area contributed by atoms with Crippen molar-refractivity contribution in [1.29, 1.82) is 0 Å². The molecule has 29 heavy (non-hydrogen) atoms. The van der Waals surface area contributed by atoms with E-state index in [0.717, 1.165) is 49.0 Å². The SMILES string of the molecule is CC(=NNN1CCCCC1)c1cccc(C(C)=NNN2CCCCC2)n1.[Cl-].[Cl-].[Co+2]. The van der Waals surface area contributed by atoms with Crippen LogP contribution < -0.4 is 35.9 Å². The molecule has 3 heterocycles. The van der Waals surface area contributed by atoms with E-state index in [1.165, 1.54) is 38.5 Å². The molecular weight excluding hydrogens is 456 g/mol. The van der Waals surface area contributed by atoms with Crippen molar-refractivity contribution in [2.75, 3.05) is 26.2 Å². The fraction of sp³-hybridized carbons (Fsp3) is 0.632. The number of hydrogen-bond acceptors (Lipinski definition) is 7. The summed E-state index contributed by atoms with van der Waals surface area (Å²) < 4.78 is 0. The Labute approximate surface area is 197 Å². The van der Waals surface area contributed by atoms with Gasteiger partial charge < -0.3 is 24.8 Å². The molecule has 1 aromatic rings. The zero-order valence-corrected chi connectivity index (χ0v) is 19.7. The van der Waals surface area contributed by atoms with E-state index in [0.29, 0.717) is 0 Å². The van der Waals surface area contributed by atoms with E-state index >= 15 is 0 Å². The minimum atomic E-state index is 0. The third-order valence-electron chi connectivity index (χ3n) is 4.92. The number of nitrogens with one attached hydrogen (secondary N) is 2. The molecule has 0 amide bonds. The van der Waals surface area contributed by atoms with Gasteiger partial charge in [-0.3, -0.25) is 0 Å². The molecule has 3 rings (SSSR count). The van der Waals surface area contributed by atoms with Crippen molar-refractivity contribution in [3.05, 3.63) is 29.6 Å². The minimum absolute atomic E-state index is 0. The molecule has 2 aliphatic rings. The predicted molar refractivity (Wildman–Crippen MR) is 106 cm³/mol. The Morgan fingerprint density at radius 2 is 1.14 bits per heavy atom. The quantitative estimate of drug-likeness (QED) is 0.323. The number of nitrogens with zero attached hydrogens (tertiary/aromatic N) is 5. The van der Waals surface area contributed by atoms with E-state index < -0.39 is 0 Å². The zero-order chi connectivity index (χ0) is 18.2. The van der Waals surface area contributed by atoms with Crippen LogP contribution in [0.4, 0.5) is 0 Å². The second-order valence-electron chi connectivity index (χ2n) is 7.10. The number of hydrazine groups is 2. The maximum Gasteiger partial charge on any atom is 2.00 e. The molecule has 2 fully saturated rings. The number of hydrogen-bond donors (Lipinski definition) is 2. The minimum Gasteiger partial charge on any atom is -1.00 e. The molecule has 1 aromatic heterocycles. The van der Waals surface area contributed by atoms with E-state index in [4.69, 9.17) is 4.98 Å². The smallest absolute Gasteiger partial charge is 1.00 e. The van der Waals surface area contributed by atoms with Crippen LogP contribution in [0.1, 0.15) is 63.8 Å². The Morgan fingerprint density at radius 3 is 1.52 bits per heavy atom. The van der Waals surface area contributed by atoms with Gasteiger partial charge in [0.05, 0.1) is 22.8 Å². The third kappa shape index (κ3) is 9.19. The first-order chi connectivity index (χ1) is 12.7. The van der Waals surface area contributed by atoms with E-state index in [2.05, 4.69) is 31.3 Å². The summed E-state index contributed by atoms with van der Waals surface area (Å²) in [5.41, 5.74) is 9.85. The Balaban J connectivity index is 0.00000261. The molecule has 10 heteroatoms. The average Bonchev–Trinajstić information content (AvgIpc) is 2.72. The van der Waals surface area contributed by atoms with Crippen LogP contribution in [0.3, 0.4) is 0 Å². The summed E-state index contributed by atoms with van der Waals surface area (Å²) in [5, 5.41) is 13.4. The number of pyridine rings is 1. The topological polar surface area (TPSA) is 68.2 Å². The summed E-state index contributed by atoms with van der Waals surface area (Å²) in [5.74, 6) is 0. The first kappa shape index (κ1) is 28.1. The fourth-order valence-electron chi connectivity index (χ4n) is 3.23. The third-order valence-corrected chi connectivity index (χ3v) is 4.92. The Morgan fingerprint density at radius 1 is 0.759 bits per heavy atom. The molecule has 0 atom stereocenters. The van der Waals surface area contributed by atoms with Crippen LogP contribution in [-0.4, -0.2) is 52.6 Å². The maximum atomic E-state index is 4.72. The van der Waals surface area contributed by atoms with Crippen LogP contribution in [0.2, 0.25) is 0 Å². The van der Waals surface area contributed by atoms with Gasteiger partial charge >= 0.3 is 16.8 Å². The van der Waals surface area contributed by atoms with Gasteiger partial charge in [0.25, 0.3) is 0 Å². The zero-order valence-electron chi connectivity index (χ0n) is 17.1. The van der Waals surface area contributed by atoms with Gasteiger partial charge in [0.1, 0.15) is 0 Å². The van der Waals surface area contributed by atoms with Gasteiger partial charge in [-0.15, -0.1) is 0 Å². The van der Waals surface area contributed by atoms with Crippen molar-refractivity contribution in [3.63, 3.8) is 0 Å². The molecular formula is C19H31Cl2CoN7. The van der Waals surface area contributed by atoms with Crippen molar-refractivity contribution in [3.8, 4) is 0 Å². The van der Waals surface area contributed by atoms with Crippen LogP contribution in [0.5, 0.6) is 0 Å². The maximum absolute atomic E-state index is 4.72. The van der Waals surface area contributed by atoms with Crippen molar-refractivity contribution in [2.24, 2.45) is 10.2 Å². The molecule has 1 radical (unpaired) electrons. The summed E-state index contributed by atoms with van der Waals surface area (Å²) in [6.07, 6.45) is 7.55. The van der Waals surface area contributed by atoms with E-state index in [-0.39, 0.29) is 41.6 Å². The monoisotopic (exact) mass is 486 g/mol. The van der Waals surface area contributed by atoms with Gasteiger partial charge in [-0.2, -0.15) is 10.2 Å². The predicted octanol–water partition coefficient (Wildman–Crippen LogP) is -3.48. The standard InChI is InChI=1S/C19H31N7.2ClH.Co/c1-16(21-23-25-12-5-3-6-13-25)18-10-9-11-19(20-18)17(2)22-24-26-14-7-4-8-15-26;;;/h9-11,23-24H,3-8,12-15H2,1-2H3;2*1H;/q;;;+2/p-2. The van der Waals surface area contributed by atoms with Crippen LogP contribution in [0, 0.1) is 0 Å². The molecule has 2 saturated heterocycles. The molecule has 7 nitrogen and oxygen atoms in total. The first-order valence-electron chi connectivity index (χ1n) is 9.80. The normalized spacial score (nSPS) is 18.7. The number of aromatic nitrogens is 1. The van der Waals surface area contributed by atoms with E-state index in [9.17, 15) is 0 Å². The van der Waals surface area contributed by atoms with Gasteiger partial charge in [-0.05, 0) is 51.7 Å². The largest absolute Gasteiger partial charge is 2.00 e. The van der Waals surface area contributed by atoms with E-state index in [1.807, 2.05) is 32.0 Å². The molecule has 0 saturated carbocycles. The number of rotatable bonds is 6. The number of halogens is 2. The van der Waals surface area contributed by atoms with Crippen molar-refractivity contribution >= 4 is 11.4 Å². The second-order valence-corrected chi connectivity index (χ2v) is 7.10. The van der Waals surface area contributed by atoms with Gasteiger partial charge in [-0.25, -0.2) is 26.1 Å². The summed E-state index contributed by atoms with van der Waals surface area (Å²) in [7, 11) is 0. The Bertz CT molecular complexity index is 594. The molecule has 0 unspecified atom stereocenters. The van der Waals surface area contributed by atoms with Crippen LogP contribution in [0.15, 0.2) is 28.4 Å². The molecule has 165 valence electrons. The average molecular weight is 487 g/mol. The van der Waals surface area contributed by atoms with Crippen LogP contribution >= 0.6 is 0 Å². The molecule has 2 N–H and O–H groups in total. The van der Waals surface area contributed by atoms with Crippen molar-refractivity contribution in [1.82, 2.24) is 26.1 Å². The second kappa shape index (κ2) is 15.0. The first-order valence-corrected chi connectivity index (χ1v) is 9.80. The van der Waals surface area contributed by atoms with Crippen molar-refractivity contribution < 1.29 is 41.6 Å². The fourth-order valence-corrected chi connectivity index (χ4v) is 3.23. The van der Waals surface area contributed by atoms with Gasteiger partial charge in [0.2, 0.25) is 0 Å². The molecule has 0 spiro atoms. The number of piperidine rings is 2. The van der Waals surface area contributed by atoms with Gasteiger partial charge in [0, 0.05) is 26.2 Å². The number of hydrazone groups is 2. The van der Waals surface area contributed by atoms with Gasteiger partial charge in [-0.1, -0.05) is 18.9 Å². The summed E-state index contributed by atoms with van der Waals surface area (Å²) >= 11 is 0. The van der Waals surface area contributed by atoms with Crippen LogP contribution in [-0.2, 0) is 16.8 Å². The summed E-state index contributed by atoms with van der Waals surface area (Å²) in [4.78, 5) is 4.72. The Hall–Kier alpha value is -0.904. The summed E-state index contributed by atoms with van der Waals surface area (Å²) in [6, 6.07) is 5.99. The molecule has 0 bridgehead atoms. The molecule has 0 aromatic carbocycles. The van der Waals surface area contributed by atoms with Crippen molar-refractivity contribution in [2.45, 2.75) is 52.4 Å². The Kier molecular flexibility index (Phi) is 14.5.